The lowest BCUT2D eigenvalue weighted by Gasteiger charge is -2.18. The zero-order valence-corrected chi connectivity index (χ0v) is 9.40. The highest BCUT2D eigenvalue weighted by Gasteiger charge is 2.09. The molecule has 0 aliphatic heterocycles. The first-order valence-electron chi connectivity index (χ1n) is 5.38. The molecule has 0 fully saturated rings. The number of rotatable bonds is 5. The fourth-order valence-electron chi connectivity index (χ4n) is 1.54. The van der Waals surface area contributed by atoms with Crippen LogP contribution in [0.4, 0.5) is 11.4 Å². The van der Waals surface area contributed by atoms with E-state index in [9.17, 15) is 0 Å². The van der Waals surface area contributed by atoms with Crippen LogP contribution in [0.15, 0.2) is 18.2 Å². The molecule has 0 aliphatic carbocycles. The first kappa shape index (κ1) is 12.3. The summed E-state index contributed by atoms with van der Waals surface area (Å²) in [6.07, 6.45) is 1.57. The molecule has 86 valence electrons. The molecular formula is C12H17N3O. The van der Waals surface area contributed by atoms with Crippen molar-refractivity contribution in [2.24, 2.45) is 0 Å². The maximum absolute atomic E-state index is 8.89. The minimum Gasteiger partial charge on any atom is -0.396 e. The van der Waals surface area contributed by atoms with Gasteiger partial charge in [-0.05, 0) is 25.0 Å². The molecule has 0 radical (unpaired) electrons. The molecule has 0 heterocycles. The Morgan fingerprint density at radius 1 is 1.56 bits per heavy atom. The van der Waals surface area contributed by atoms with Gasteiger partial charge in [-0.15, -0.1) is 0 Å². The fourth-order valence-corrected chi connectivity index (χ4v) is 1.54. The van der Waals surface area contributed by atoms with Crippen LogP contribution in [-0.4, -0.2) is 17.8 Å². The number of hydrogen-bond donors (Lipinski definition) is 3. The molecule has 0 saturated heterocycles. The predicted octanol–water partition coefficient (Wildman–Crippen LogP) is 1.71. The molecule has 16 heavy (non-hydrogen) atoms. The van der Waals surface area contributed by atoms with E-state index in [1.54, 1.807) is 12.1 Å². The van der Waals surface area contributed by atoms with Gasteiger partial charge < -0.3 is 16.2 Å². The molecular weight excluding hydrogens is 202 g/mol. The number of benzene rings is 1. The van der Waals surface area contributed by atoms with Crippen molar-refractivity contribution in [2.45, 2.75) is 25.8 Å². The van der Waals surface area contributed by atoms with Crippen LogP contribution in [0.1, 0.15) is 25.3 Å². The van der Waals surface area contributed by atoms with Crippen molar-refractivity contribution in [3.63, 3.8) is 0 Å². The van der Waals surface area contributed by atoms with Crippen LogP contribution < -0.4 is 11.1 Å². The van der Waals surface area contributed by atoms with Crippen molar-refractivity contribution >= 4 is 11.4 Å². The number of hydrogen-bond acceptors (Lipinski definition) is 4. The lowest BCUT2D eigenvalue weighted by atomic mass is 10.1. The zero-order valence-electron chi connectivity index (χ0n) is 9.40. The van der Waals surface area contributed by atoms with Crippen molar-refractivity contribution in [1.82, 2.24) is 0 Å². The van der Waals surface area contributed by atoms with Gasteiger partial charge in [-0.25, -0.2) is 0 Å². The van der Waals surface area contributed by atoms with Gasteiger partial charge in [0.05, 0.1) is 16.9 Å². The Morgan fingerprint density at radius 3 is 2.88 bits per heavy atom. The molecule has 0 saturated carbocycles. The second kappa shape index (κ2) is 5.99. The van der Waals surface area contributed by atoms with E-state index in [2.05, 4.69) is 5.32 Å². The van der Waals surface area contributed by atoms with E-state index in [0.717, 1.165) is 12.1 Å². The van der Waals surface area contributed by atoms with Gasteiger partial charge in [0.1, 0.15) is 6.07 Å². The monoisotopic (exact) mass is 219 g/mol. The summed E-state index contributed by atoms with van der Waals surface area (Å²) in [5.41, 5.74) is 7.56. The van der Waals surface area contributed by atoms with Gasteiger partial charge in [-0.1, -0.05) is 13.0 Å². The number of nitrogens with one attached hydrogen (secondary N) is 1. The third-order valence-electron chi connectivity index (χ3n) is 2.56. The third kappa shape index (κ3) is 2.88. The highest BCUT2D eigenvalue weighted by molar-refractivity contribution is 5.73. The van der Waals surface area contributed by atoms with Crippen LogP contribution >= 0.6 is 0 Å². The molecule has 0 bridgehead atoms. The van der Waals surface area contributed by atoms with E-state index in [1.807, 2.05) is 19.1 Å². The molecule has 4 N–H and O–H groups in total. The van der Waals surface area contributed by atoms with Crippen LogP contribution in [0.25, 0.3) is 0 Å². The van der Waals surface area contributed by atoms with Crippen LogP contribution in [0.5, 0.6) is 0 Å². The van der Waals surface area contributed by atoms with Crippen molar-refractivity contribution in [3.05, 3.63) is 23.8 Å². The van der Waals surface area contributed by atoms with Crippen molar-refractivity contribution in [2.75, 3.05) is 17.7 Å². The van der Waals surface area contributed by atoms with Crippen molar-refractivity contribution in [1.29, 1.82) is 5.26 Å². The number of nitrogen functional groups attached to an aromatic ring is 1. The molecule has 0 spiro atoms. The van der Waals surface area contributed by atoms with Gasteiger partial charge in [-0.3, -0.25) is 0 Å². The molecule has 0 aliphatic rings. The summed E-state index contributed by atoms with van der Waals surface area (Å²) >= 11 is 0. The quantitative estimate of drug-likeness (QED) is 0.658. The van der Waals surface area contributed by atoms with Gasteiger partial charge in [0.25, 0.3) is 0 Å². The largest absolute Gasteiger partial charge is 0.396 e. The smallest absolute Gasteiger partial charge is 0.101 e. The Bertz CT molecular complexity index is 384. The van der Waals surface area contributed by atoms with E-state index < -0.39 is 0 Å². The summed E-state index contributed by atoms with van der Waals surface area (Å²) in [7, 11) is 0. The number of aliphatic hydroxyl groups excluding tert-OH is 1. The SMILES string of the molecule is CCC(CCO)Nc1cccc(C#N)c1N. The van der Waals surface area contributed by atoms with E-state index in [-0.39, 0.29) is 12.6 Å². The topological polar surface area (TPSA) is 82.1 Å². The van der Waals surface area contributed by atoms with Crippen LogP contribution in [0.3, 0.4) is 0 Å². The zero-order chi connectivity index (χ0) is 12.0. The molecule has 1 aromatic carbocycles. The first-order valence-corrected chi connectivity index (χ1v) is 5.38. The minimum absolute atomic E-state index is 0.142. The number of anilines is 2. The van der Waals surface area contributed by atoms with Gasteiger partial charge in [0.15, 0.2) is 0 Å². The highest BCUT2D eigenvalue weighted by atomic mass is 16.3. The molecule has 1 unspecified atom stereocenters. The molecule has 0 aromatic heterocycles. The number of nitrogens with two attached hydrogens (primary N) is 1. The highest BCUT2D eigenvalue weighted by Crippen LogP contribution is 2.23. The van der Waals surface area contributed by atoms with Crippen LogP contribution in [0.2, 0.25) is 0 Å². The average Bonchev–Trinajstić information content (AvgIpc) is 2.31. The van der Waals surface area contributed by atoms with Gasteiger partial charge in [-0.2, -0.15) is 5.26 Å². The Hall–Kier alpha value is -1.73. The van der Waals surface area contributed by atoms with E-state index in [4.69, 9.17) is 16.1 Å². The summed E-state index contributed by atoms with van der Waals surface area (Å²) in [4.78, 5) is 0. The number of nitriles is 1. The molecule has 1 atom stereocenters. The second-order valence-corrected chi connectivity index (χ2v) is 3.64. The normalized spacial score (nSPS) is 11.8. The number of aliphatic hydroxyl groups is 1. The van der Waals surface area contributed by atoms with Crippen LogP contribution in [-0.2, 0) is 0 Å². The van der Waals surface area contributed by atoms with Crippen molar-refractivity contribution < 1.29 is 5.11 Å². The van der Waals surface area contributed by atoms with Gasteiger partial charge >= 0.3 is 0 Å². The van der Waals surface area contributed by atoms with Crippen LogP contribution in [0, 0.1) is 11.3 Å². The molecule has 4 nitrogen and oxygen atoms in total. The van der Waals surface area contributed by atoms with E-state index in [1.165, 1.54) is 0 Å². The minimum atomic E-state index is 0.142. The lowest BCUT2D eigenvalue weighted by molar-refractivity contribution is 0.278. The Morgan fingerprint density at radius 2 is 2.31 bits per heavy atom. The molecule has 4 heteroatoms. The molecule has 1 aromatic rings. The third-order valence-corrected chi connectivity index (χ3v) is 2.56. The van der Waals surface area contributed by atoms with E-state index >= 15 is 0 Å². The summed E-state index contributed by atoms with van der Waals surface area (Å²) in [5, 5.41) is 21.0. The summed E-state index contributed by atoms with van der Waals surface area (Å²) in [6, 6.07) is 7.55. The van der Waals surface area contributed by atoms with Crippen molar-refractivity contribution in [3.8, 4) is 6.07 Å². The Labute approximate surface area is 95.7 Å². The fraction of sp³-hybridized carbons (Fsp3) is 0.417. The maximum Gasteiger partial charge on any atom is 0.101 e. The summed E-state index contributed by atoms with van der Waals surface area (Å²) < 4.78 is 0. The second-order valence-electron chi connectivity index (χ2n) is 3.64. The Kier molecular flexibility index (Phi) is 4.62. The molecule has 1 rings (SSSR count). The number of para-hydroxylation sites is 1. The standard InChI is InChI=1S/C12H17N3O/c1-2-10(6-7-16)15-11-5-3-4-9(8-13)12(11)14/h3-5,10,15-16H,2,6-7,14H2,1H3. The summed E-state index contributed by atoms with van der Waals surface area (Å²) in [5.74, 6) is 0. The van der Waals surface area contributed by atoms with E-state index in [0.29, 0.717) is 17.7 Å². The average molecular weight is 219 g/mol. The first-order chi connectivity index (χ1) is 7.72. The predicted molar refractivity (Wildman–Crippen MR) is 65.0 cm³/mol. The Balaban J connectivity index is 2.84. The number of nitrogens with zero attached hydrogens (tertiary/aromatic N) is 1. The van der Waals surface area contributed by atoms with Gasteiger partial charge in [0, 0.05) is 12.6 Å². The molecule has 0 amide bonds. The lowest BCUT2D eigenvalue weighted by Crippen LogP contribution is -2.20. The van der Waals surface area contributed by atoms with Gasteiger partial charge in [0.2, 0.25) is 0 Å². The maximum atomic E-state index is 8.89. The summed E-state index contributed by atoms with van der Waals surface area (Å²) in [6.45, 7) is 2.18.